The number of amides is 4. The lowest BCUT2D eigenvalue weighted by Crippen LogP contribution is -2.41. The van der Waals surface area contributed by atoms with Crippen LogP contribution in [0.1, 0.15) is 25.8 Å². The maximum absolute atomic E-state index is 12.2. The summed E-state index contributed by atoms with van der Waals surface area (Å²) < 4.78 is 4.91. The van der Waals surface area contributed by atoms with E-state index < -0.39 is 42.5 Å². The number of ether oxygens (including phenoxy) is 1. The molecule has 2 heterocycles. The Hall–Kier alpha value is -3.23. The normalized spacial score (nSPS) is 18.4. The van der Waals surface area contributed by atoms with Gasteiger partial charge < -0.3 is 10.1 Å². The second kappa shape index (κ2) is 7.18. The number of benzene rings is 1. The number of esters is 1. The van der Waals surface area contributed by atoms with Gasteiger partial charge in [-0.2, -0.15) is 5.10 Å². The predicted octanol–water partition coefficient (Wildman–Crippen LogP) is 0.497. The molecule has 1 aromatic rings. The molecule has 2 aliphatic rings. The van der Waals surface area contributed by atoms with E-state index in [9.17, 15) is 19.2 Å². The Bertz CT molecular complexity index is 818. The Morgan fingerprint density at radius 2 is 1.93 bits per heavy atom. The van der Waals surface area contributed by atoms with Gasteiger partial charge in [0.25, 0.3) is 11.8 Å². The molecule has 1 N–H and O–H groups in total. The van der Waals surface area contributed by atoms with Crippen molar-refractivity contribution in [3.63, 3.8) is 0 Å². The minimum absolute atomic E-state index is 0.405. The molecule has 4 amide bonds. The molecule has 0 bridgehead atoms. The van der Waals surface area contributed by atoms with Crippen LogP contribution in [-0.2, 0) is 19.1 Å². The second-order valence-electron chi connectivity index (χ2n) is 6.79. The fraction of sp³-hybridized carbons (Fsp3) is 0.389. The third kappa shape index (κ3) is 3.97. The van der Waals surface area contributed by atoms with Crippen molar-refractivity contribution >= 4 is 29.5 Å². The van der Waals surface area contributed by atoms with Gasteiger partial charge in [0.15, 0.2) is 6.61 Å². The predicted molar refractivity (Wildman–Crippen MR) is 94.6 cm³/mol. The molecule has 0 saturated carbocycles. The first-order valence-corrected chi connectivity index (χ1v) is 8.51. The lowest BCUT2D eigenvalue weighted by Gasteiger charge is -2.16. The van der Waals surface area contributed by atoms with Crippen LogP contribution in [0.4, 0.5) is 4.79 Å². The Morgan fingerprint density at radius 3 is 2.56 bits per heavy atom. The van der Waals surface area contributed by atoms with Crippen molar-refractivity contribution in [1.29, 1.82) is 0 Å². The number of carbonyl (C=O) groups is 4. The van der Waals surface area contributed by atoms with Crippen LogP contribution in [0.5, 0.6) is 0 Å². The Morgan fingerprint density at radius 1 is 1.22 bits per heavy atom. The van der Waals surface area contributed by atoms with Crippen molar-refractivity contribution in [1.82, 2.24) is 15.2 Å². The highest BCUT2D eigenvalue weighted by atomic mass is 16.5. The molecule has 142 valence electrons. The van der Waals surface area contributed by atoms with Crippen LogP contribution >= 0.6 is 0 Å². The monoisotopic (exact) mass is 372 g/mol. The van der Waals surface area contributed by atoms with Crippen molar-refractivity contribution in [2.75, 3.05) is 19.7 Å². The van der Waals surface area contributed by atoms with E-state index in [-0.39, 0.29) is 0 Å². The summed E-state index contributed by atoms with van der Waals surface area (Å²) in [7, 11) is 0. The van der Waals surface area contributed by atoms with E-state index in [0.29, 0.717) is 13.0 Å². The molecule has 1 saturated heterocycles. The molecule has 1 aromatic carbocycles. The zero-order chi connectivity index (χ0) is 19.6. The van der Waals surface area contributed by atoms with Crippen molar-refractivity contribution in [3.05, 3.63) is 35.9 Å². The van der Waals surface area contributed by atoms with E-state index in [1.807, 2.05) is 30.3 Å². The van der Waals surface area contributed by atoms with E-state index in [2.05, 4.69) is 10.4 Å². The number of rotatable bonds is 5. The first-order chi connectivity index (χ1) is 12.8. The molecule has 0 aromatic heterocycles. The van der Waals surface area contributed by atoms with Gasteiger partial charge in [0, 0.05) is 6.42 Å². The molecular formula is C18H20N4O5. The number of hydrazone groups is 1. The van der Waals surface area contributed by atoms with Crippen LogP contribution in [0.25, 0.3) is 0 Å². The SMILES string of the molecule is CC1(C)NC(=O)N(CC(=O)OCC(=O)N2CCC(c3ccccc3)=N2)C1=O. The van der Waals surface area contributed by atoms with Gasteiger partial charge >= 0.3 is 12.0 Å². The van der Waals surface area contributed by atoms with Crippen molar-refractivity contribution < 1.29 is 23.9 Å². The van der Waals surface area contributed by atoms with Crippen molar-refractivity contribution in [2.24, 2.45) is 5.10 Å². The van der Waals surface area contributed by atoms with Gasteiger partial charge in [-0.15, -0.1) is 0 Å². The van der Waals surface area contributed by atoms with Crippen LogP contribution in [-0.4, -0.2) is 64.7 Å². The topological polar surface area (TPSA) is 108 Å². The zero-order valence-electron chi connectivity index (χ0n) is 15.1. The molecule has 9 nitrogen and oxygen atoms in total. The van der Waals surface area contributed by atoms with Gasteiger partial charge in [0.1, 0.15) is 12.1 Å². The molecule has 0 spiro atoms. The van der Waals surface area contributed by atoms with Gasteiger partial charge in [-0.3, -0.25) is 19.3 Å². The summed E-state index contributed by atoms with van der Waals surface area (Å²) in [5.74, 6) is -1.82. The first-order valence-electron chi connectivity index (χ1n) is 8.51. The molecule has 0 aliphatic carbocycles. The van der Waals surface area contributed by atoms with E-state index in [4.69, 9.17) is 4.74 Å². The maximum Gasteiger partial charge on any atom is 0.326 e. The number of urea groups is 1. The lowest BCUT2D eigenvalue weighted by molar-refractivity contribution is -0.153. The summed E-state index contributed by atoms with van der Waals surface area (Å²) in [5.41, 5.74) is 0.661. The summed E-state index contributed by atoms with van der Waals surface area (Å²) >= 11 is 0. The fourth-order valence-electron chi connectivity index (χ4n) is 2.82. The van der Waals surface area contributed by atoms with E-state index in [1.54, 1.807) is 0 Å². The molecule has 27 heavy (non-hydrogen) atoms. The highest BCUT2D eigenvalue weighted by Crippen LogP contribution is 2.16. The maximum atomic E-state index is 12.2. The number of nitrogens with one attached hydrogen (secondary N) is 1. The van der Waals surface area contributed by atoms with Crippen molar-refractivity contribution in [3.8, 4) is 0 Å². The van der Waals surface area contributed by atoms with E-state index in [0.717, 1.165) is 16.2 Å². The Labute approximate surface area is 155 Å². The Kier molecular flexibility index (Phi) is 4.93. The summed E-state index contributed by atoms with van der Waals surface area (Å²) in [6, 6.07) is 8.83. The van der Waals surface area contributed by atoms with Crippen LogP contribution < -0.4 is 5.32 Å². The highest BCUT2D eigenvalue weighted by Gasteiger charge is 2.45. The fourth-order valence-corrected chi connectivity index (χ4v) is 2.82. The minimum atomic E-state index is -1.06. The first kappa shape index (κ1) is 18.6. The molecule has 0 radical (unpaired) electrons. The molecule has 2 aliphatic heterocycles. The third-order valence-corrected chi connectivity index (χ3v) is 4.28. The molecule has 3 rings (SSSR count). The highest BCUT2D eigenvalue weighted by molar-refractivity contribution is 6.08. The summed E-state index contributed by atoms with van der Waals surface area (Å²) in [6.07, 6.45) is 0.612. The van der Waals surface area contributed by atoms with Crippen LogP contribution in [0, 0.1) is 0 Å². The Balaban J connectivity index is 1.51. The second-order valence-corrected chi connectivity index (χ2v) is 6.79. The average molecular weight is 372 g/mol. The summed E-state index contributed by atoms with van der Waals surface area (Å²) in [6.45, 7) is 2.44. The third-order valence-electron chi connectivity index (χ3n) is 4.28. The minimum Gasteiger partial charge on any atom is -0.454 e. The van der Waals surface area contributed by atoms with Gasteiger partial charge in [-0.1, -0.05) is 30.3 Å². The smallest absolute Gasteiger partial charge is 0.326 e. The molecule has 1 fully saturated rings. The number of hydrogen-bond donors (Lipinski definition) is 1. The molecule has 9 heteroatoms. The summed E-state index contributed by atoms with van der Waals surface area (Å²) in [4.78, 5) is 48.6. The standard InChI is InChI=1S/C18H20N4O5/c1-18(2)16(25)21(17(26)19-18)10-15(24)27-11-14(23)22-9-8-13(20-22)12-6-4-3-5-7-12/h3-7H,8-11H2,1-2H3,(H,19,26). The quantitative estimate of drug-likeness (QED) is 0.598. The lowest BCUT2D eigenvalue weighted by atomic mass is 10.1. The van der Waals surface area contributed by atoms with Gasteiger partial charge in [-0.25, -0.2) is 9.80 Å². The number of carbonyl (C=O) groups excluding carboxylic acids is 4. The number of hydrogen-bond acceptors (Lipinski definition) is 6. The van der Waals surface area contributed by atoms with Gasteiger partial charge in [0.05, 0.1) is 12.3 Å². The molecular weight excluding hydrogens is 352 g/mol. The van der Waals surface area contributed by atoms with E-state index >= 15 is 0 Å². The van der Waals surface area contributed by atoms with Crippen LogP contribution in [0.3, 0.4) is 0 Å². The van der Waals surface area contributed by atoms with Crippen molar-refractivity contribution in [2.45, 2.75) is 25.8 Å². The van der Waals surface area contributed by atoms with Crippen LogP contribution in [0.2, 0.25) is 0 Å². The number of imide groups is 1. The largest absolute Gasteiger partial charge is 0.454 e. The molecule has 0 atom stereocenters. The van der Waals surface area contributed by atoms with Crippen LogP contribution in [0.15, 0.2) is 35.4 Å². The van der Waals surface area contributed by atoms with E-state index in [1.165, 1.54) is 18.9 Å². The zero-order valence-corrected chi connectivity index (χ0v) is 15.1. The van der Waals surface area contributed by atoms with Gasteiger partial charge in [-0.05, 0) is 19.4 Å². The summed E-state index contributed by atoms with van der Waals surface area (Å²) in [5, 5.41) is 7.98. The average Bonchev–Trinajstić information content (AvgIpc) is 3.20. The van der Waals surface area contributed by atoms with Gasteiger partial charge in [0.2, 0.25) is 0 Å². The number of nitrogens with zero attached hydrogens (tertiary/aromatic N) is 3. The molecule has 0 unspecified atom stereocenters.